The average molecular weight is 361 g/mol. The SMILES string of the molecule is OC(CNCc1ccc(F)cc1F)COc1ccc(C(F)(F)F)cc1. The molecule has 0 heterocycles. The Kier molecular flexibility index (Phi) is 6.33. The summed E-state index contributed by atoms with van der Waals surface area (Å²) in [6, 6.07) is 7.29. The normalized spacial score (nSPS) is 12.9. The van der Waals surface area contributed by atoms with E-state index >= 15 is 0 Å². The van der Waals surface area contributed by atoms with Crippen LogP contribution < -0.4 is 10.1 Å². The van der Waals surface area contributed by atoms with Gasteiger partial charge in [-0.3, -0.25) is 0 Å². The van der Waals surface area contributed by atoms with Crippen LogP contribution in [-0.4, -0.2) is 24.4 Å². The Bertz CT molecular complexity index is 688. The highest BCUT2D eigenvalue weighted by atomic mass is 19.4. The molecular weight excluding hydrogens is 345 g/mol. The van der Waals surface area contributed by atoms with E-state index < -0.39 is 29.5 Å². The number of ether oxygens (including phenoxy) is 1. The Hall–Kier alpha value is -2.19. The molecule has 0 amide bonds. The lowest BCUT2D eigenvalue weighted by Gasteiger charge is -2.14. The largest absolute Gasteiger partial charge is 0.491 e. The second kappa shape index (κ2) is 8.26. The van der Waals surface area contributed by atoms with Gasteiger partial charge < -0.3 is 15.2 Å². The number of aliphatic hydroxyl groups excluding tert-OH is 1. The van der Waals surface area contributed by atoms with Crippen molar-refractivity contribution in [3.8, 4) is 5.75 Å². The van der Waals surface area contributed by atoms with E-state index in [2.05, 4.69) is 5.32 Å². The highest BCUT2D eigenvalue weighted by Gasteiger charge is 2.30. The minimum absolute atomic E-state index is 0.0669. The van der Waals surface area contributed by atoms with Crippen LogP contribution in [0.25, 0.3) is 0 Å². The van der Waals surface area contributed by atoms with Gasteiger partial charge in [0.1, 0.15) is 30.1 Å². The topological polar surface area (TPSA) is 41.5 Å². The van der Waals surface area contributed by atoms with Crippen LogP contribution in [0.1, 0.15) is 11.1 Å². The first-order valence-electron chi connectivity index (χ1n) is 7.38. The van der Waals surface area contributed by atoms with Crippen molar-refractivity contribution in [2.24, 2.45) is 0 Å². The highest BCUT2D eigenvalue weighted by molar-refractivity contribution is 5.28. The molecule has 2 aromatic rings. The number of alkyl halides is 3. The summed E-state index contributed by atoms with van der Waals surface area (Å²) in [6.45, 7) is 0.00513. The third kappa shape index (κ3) is 5.99. The van der Waals surface area contributed by atoms with Crippen LogP contribution in [0.5, 0.6) is 5.75 Å². The van der Waals surface area contributed by atoms with Crippen molar-refractivity contribution in [3.05, 3.63) is 65.2 Å². The van der Waals surface area contributed by atoms with Crippen molar-refractivity contribution in [2.75, 3.05) is 13.2 Å². The average Bonchev–Trinajstić information content (AvgIpc) is 2.54. The van der Waals surface area contributed by atoms with Gasteiger partial charge in [0.15, 0.2) is 0 Å². The van der Waals surface area contributed by atoms with Gasteiger partial charge in [-0.15, -0.1) is 0 Å². The van der Waals surface area contributed by atoms with Crippen LogP contribution in [0, 0.1) is 11.6 Å². The molecule has 1 unspecified atom stereocenters. The van der Waals surface area contributed by atoms with Crippen LogP contribution >= 0.6 is 0 Å². The summed E-state index contributed by atoms with van der Waals surface area (Å²) >= 11 is 0. The second-order valence-corrected chi connectivity index (χ2v) is 5.35. The first-order valence-corrected chi connectivity index (χ1v) is 7.38. The van der Waals surface area contributed by atoms with Gasteiger partial charge in [0, 0.05) is 24.7 Å². The minimum atomic E-state index is -4.42. The van der Waals surface area contributed by atoms with E-state index in [1.807, 2.05) is 0 Å². The Morgan fingerprint density at radius 3 is 2.32 bits per heavy atom. The van der Waals surface area contributed by atoms with E-state index in [-0.39, 0.29) is 31.0 Å². The molecule has 25 heavy (non-hydrogen) atoms. The van der Waals surface area contributed by atoms with Crippen LogP contribution in [-0.2, 0) is 12.7 Å². The number of aliphatic hydroxyl groups is 1. The zero-order valence-electron chi connectivity index (χ0n) is 13.0. The number of benzene rings is 2. The summed E-state index contributed by atoms with van der Waals surface area (Å²) in [5.74, 6) is -1.18. The molecule has 3 nitrogen and oxygen atoms in total. The van der Waals surface area contributed by atoms with Crippen molar-refractivity contribution in [2.45, 2.75) is 18.8 Å². The van der Waals surface area contributed by atoms with E-state index in [4.69, 9.17) is 4.74 Å². The van der Waals surface area contributed by atoms with Crippen LogP contribution in [0.4, 0.5) is 22.0 Å². The molecule has 0 aliphatic rings. The molecule has 0 bridgehead atoms. The molecule has 8 heteroatoms. The quantitative estimate of drug-likeness (QED) is 0.742. The monoisotopic (exact) mass is 361 g/mol. The molecule has 2 rings (SSSR count). The van der Waals surface area contributed by atoms with Crippen molar-refractivity contribution in [1.29, 1.82) is 0 Å². The van der Waals surface area contributed by atoms with Gasteiger partial charge in [-0.2, -0.15) is 13.2 Å². The summed E-state index contributed by atoms with van der Waals surface area (Å²) in [5, 5.41) is 12.6. The first-order chi connectivity index (χ1) is 11.8. The van der Waals surface area contributed by atoms with Gasteiger partial charge in [-0.1, -0.05) is 6.07 Å². The molecule has 2 N–H and O–H groups in total. The molecular formula is C17H16F5NO2. The lowest BCUT2D eigenvalue weighted by molar-refractivity contribution is -0.137. The zero-order valence-corrected chi connectivity index (χ0v) is 13.0. The molecule has 0 aliphatic heterocycles. The van der Waals surface area contributed by atoms with Crippen molar-refractivity contribution in [1.82, 2.24) is 5.32 Å². The maximum atomic E-state index is 13.4. The maximum absolute atomic E-state index is 13.4. The molecule has 0 radical (unpaired) electrons. The Morgan fingerprint density at radius 1 is 1.04 bits per heavy atom. The van der Waals surface area contributed by atoms with Crippen molar-refractivity contribution < 1.29 is 31.8 Å². The number of nitrogens with one attached hydrogen (secondary N) is 1. The Balaban J connectivity index is 1.74. The summed E-state index contributed by atoms with van der Waals surface area (Å²) in [4.78, 5) is 0. The van der Waals surface area contributed by atoms with Crippen molar-refractivity contribution >= 4 is 0 Å². The lowest BCUT2D eigenvalue weighted by atomic mass is 10.2. The molecule has 2 aromatic carbocycles. The predicted octanol–water partition coefficient (Wildman–Crippen LogP) is 3.51. The number of halogens is 5. The van der Waals surface area contributed by atoms with Crippen molar-refractivity contribution in [3.63, 3.8) is 0 Å². The highest BCUT2D eigenvalue weighted by Crippen LogP contribution is 2.30. The van der Waals surface area contributed by atoms with Crippen LogP contribution in [0.3, 0.4) is 0 Å². The third-order valence-electron chi connectivity index (χ3n) is 3.33. The van der Waals surface area contributed by atoms with E-state index in [1.165, 1.54) is 6.07 Å². The standard InChI is InChI=1S/C17H16F5NO2/c18-13-4-1-11(16(19)7-13)8-23-9-14(24)10-25-15-5-2-12(3-6-15)17(20,21)22/h1-7,14,23-24H,8-10H2. The van der Waals surface area contributed by atoms with E-state index in [0.717, 1.165) is 36.4 Å². The molecule has 0 spiro atoms. The Morgan fingerprint density at radius 2 is 1.72 bits per heavy atom. The van der Waals surface area contributed by atoms with Gasteiger partial charge in [0.05, 0.1) is 5.56 Å². The molecule has 0 fully saturated rings. The fourth-order valence-corrected chi connectivity index (χ4v) is 2.03. The van der Waals surface area contributed by atoms with Gasteiger partial charge in [-0.25, -0.2) is 8.78 Å². The maximum Gasteiger partial charge on any atom is 0.416 e. The van der Waals surface area contributed by atoms with Crippen LogP contribution in [0.2, 0.25) is 0 Å². The number of hydrogen-bond donors (Lipinski definition) is 2. The predicted molar refractivity (Wildman–Crippen MR) is 81.0 cm³/mol. The summed E-state index contributed by atoms with van der Waals surface area (Å²) in [7, 11) is 0. The molecule has 0 saturated carbocycles. The Labute approximate surface area is 141 Å². The van der Waals surface area contributed by atoms with Gasteiger partial charge >= 0.3 is 6.18 Å². The van der Waals surface area contributed by atoms with E-state index in [0.29, 0.717) is 0 Å². The molecule has 0 aromatic heterocycles. The fraction of sp³-hybridized carbons (Fsp3) is 0.294. The molecule has 1 atom stereocenters. The summed E-state index contributed by atoms with van der Waals surface area (Å²) in [6.07, 6.45) is -5.37. The lowest BCUT2D eigenvalue weighted by Crippen LogP contribution is -2.31. The number of hydrogen-bond acceptors (Lipinski definition) is 3. The smallest absolute Gasteiger partial charge is 0.416 e. The molecule has 136 valence electrons. The second-order valence-electron chi connectivity index (χ2n) is 5.35. The van der Waals surface area contributed by atoms with Gasteiger partial charge in [0.2, 0.25) is 0 Å². The zero-order chi connectivity index (χ0) is 18.4. The fourth-order valence-electron chi connectivity index (χ4n) is 2.03. The first kappa shape index (κ1) is 19.1. The molecule has 0 aliphatic carbocycles. The number of rotatable bonds is 7. The molecule has 0 saturated heterocycles. The van der Waals surface area contributed by atoms with Crippen LogP contribution in [0.15, 0.2) is 42.5 Å². The van der Waals surface area contributed by atoms with E-state index in [1.54, 1.807) is 0 Å². The summed E-state index contributed by atoms with van der Waals surface area (Å²) in [5.41, 5.74) is -0.541. The summed E-state index contributed by atoms with van der Waals surface area (Å²) < 4.78 is 68.7. The van der Waals surface area contributed by atoms with Gasteiger partial charge in [0.25, 0.3) is 0 Å². The third-order valence-corrected chi connectivity index (χ3v) is 3.33. The minimum Gasteiger partial charge on any atom is -0.491 e. The van der Waals surface area contributed by atoms with E-state index in [9.17, 15) is 27.1 Å². The van der Waals surface area contributed by atoms with Gasteiger partial charge in [-0.05, 0) is 30.3 Å².